The number of rotatable bonds is 5. The molecule has 0 spiro atoms. The van der Waals surface area contributed by atoms with Crippen molar-refractivity contribution in [1.29, 1.82) is 5.41 Å². The van der Waals surface area contributed by atoms with Crippen molar-refractivity contribution in [2.45, 2.75) is 0 Å². The maximum Gasteiger partial charge on any atom is 0.0626 e. The molecule has 3 nitrogen and oxygen atoms in total. The molecule has 2 heterocycles. The van der Waals surface area contributed by atoms with E-state index in [9.17, 15) is 0 Å². The Morgan fingerprint density at radius 1 is 1.09 bits per heavy atom. The van der Waals surface area contributed by atoms with E-state index >= 15 is 0 Å². The van der Waals surface area contributed by atoms with Crippen LogP contribution in [0.15, 0.2) is 78.6 Å². The van der Waals surface area contributed by atoms with Gasteiger partial charge in [0.25, 0.3) is 0 Å². The second-order valence-electron chi connectivity index (χ2n) is 4.70. The number of nitrogens with zero attached hydrogens (tertiary/aromatic N) is 1. The molecule has 0 aliphatic heterocycles. The summed E-state index contributed by atoms with van der Waals surface area (Å²) in [4.78, 5) is 5.44. The summed E-state index contributed by atoms with van der Waals surface area (Å²) >= 11 is 1.69. The van der Waals surface area contributed by atoms with Gasteiger partial charge in [0.2, 0.25) is 0 Å². The molecule has 2 aromatic heterocycles. The third kappa shape index (κ3) is 3.48. The van der Waals surface area contributed by atoms with Crippen LogP contribution in [0, 0.1) is 5.41 Å². The molecule has 2 N–H and O–H groups in total. The van der Waals surface area contributed by atoms with E-state index in [1.54, 1.807) is 29.8 Å². The van der Waals surface area contributed by atoms with Gasteiger partial charge in [0, 0.05) is 22.8 Å². The number of anilines is 1. The quantitative estimate of drug-likeness (QED) is 0.665. The zero-order valence-corrected chi connectivity index (χ0v) is 12.7. The minimum Gasteiger partial charge on any atom is -0.360 e. The van der Waals surface area contributed by atoms with E-state index in [-0.39, 0.29) is 0 Å². The van der Waals surface area contributed by atoms with Crippen LogP contribution in [0.3, 0.4) is 0 Å². The molecule has 0 amide bonds. The lowest BCUT2D eigenvalue weighted by Gasteiger charge is -2.03. The van der Waals surface area contributed by atoms with Crippen molar-refractivity contribution < 1.29 is 0 Å². The number of hydrogen-bond donors (Lipinski definition) is 2. The van der Waals surface area contributed by atoms with Gasteiger partial charge in [0.1, 0.15) is 0 Å². The summed E-state index contributed by atoms with van der Waals surface area (Å²) < 4.78 is 0. The predicted molar refractivity (Wildman–Crippen MR) is 93.6 cm³/mol. The average Bonchev–Trinajstić information content (AvgIpc) is 3.10. The molecule has 0 unspecified atom stereocenters. The van der Waals surface area contributed by atoms with Gasteiger partial charge < -0.3 is 10.7 Å². The van der Waals surface area contributed by atoms with Crippen LogP contribution in [-0.4, -0.2) is 10.7 Å². The fourth-order valence-corrected chi connectivity index (χ4v) is 2.74. The highest BCUT2D eigenvalue weighted by molar-refractivity contribution is 7.13. The Hall–Kier alpha value is -2.72. The van der Waals surface area contributed by atoms with E-state index in [4.69, 9.17) is 5.41 Å². The first-order chi connectivity index (χ1) is 10.8. The maximum atomic E-state index is 8.01. The highest BCUT2D eigenvalue weighted by Gasteiger charge is 2.00. The first-order valence-electron chi connectivity index (χ1n) is 6.89. The predicted octanol–water partition coefficient (Wildman–Crippen LogP) is 4.80. The average molecular weight is 305 g/mol. The van der Waals surface area contributed by atoms with Gasteiger partial charge in [0.15, 0.2) is 0 Å². The standard InChI is InChI=1S/C18H15N3S/c19-17(14-5-2-1-3-6-14)8-9-21-16-11-15(12-20-13-16)18-7-4-10-22-18/h1-13,19,21H/b9-8-,19-17?. The summed E-state index contributed by atoms with van der Waals surface area (Å²) in [6.45, 7) is 0. The van der Waals surface area contributed by atoms with Crippen LogP contribution >= 0.6 is 11.3 Å². The maximum absolute atomic E-state index is 8.01. The van der Waals surface area contributed by atoms with Crippen molar-refractivity contribution in [3.63, 3.8) is 0 Å². The zero-order valence-electron chi connectivity index (χ0n) is 11.9. The molecule has 0 atom stereocenters. The Balaban J connectivity index is 1.68. The van der Waals surface area contributed by atoms with Crippen molar-refractivity contribution in [1.82, 2.24) is 4.98 Å². The van der Waals surface area contributed by atoms with E-state index < -0.39 is 0 Å². The highest BCUT2D eigenvalue weighted by Crippen LogP contribution is 2.25. The molecule has 0 bridgehead atoms. The van der Waals surface area contributed by atoms with Gasteiger partial charge in [-0.2, -0.15) is 0 Å². The van der Waals surface area contributed by atoms with E-state index in [0.29, 0.717) is 5.71 Å². The normalized spacial score (nSPS) is 10.7. The second kappa shape index (κ2) is 6.83. The van der Waals surface area contributed by atoms with Crippen molar-refractivity contribution in [2.24, 2.45) is 0 Å². The van der Waals surface area contributed by atoms with E-state index in [0.717, 1.165) is 16.8 Å². The number of pyridine rings is 1. The first-order valence-corrected chi connectivity index (χ1v) is 7.77. The van der Waals surface area contributed by atoms with Gasteiger partial charge in [-0.1, -0.05) is 36.4 Å². The molecule has 4 heteroatoms. The van der Waals surface area contributed by atoms with Gasteiger partial charge in [-0.05, 0) is 29.2 Å². The van der Waals surface area contributed by atoms with Crippen LogP contribution < -0.4 is 5.32 Å². The lowest BCUT2D eigenvalue weighted by Crippen LogP contribution is -1.96. The molecular weight excluding hydrogens is 290 g/mol. The molecule has 0 saturated carbocycles. The van der Waals surface area contributed by atoms with Gasteiger partial charge in [-0.15, -0.1) is 11.3 Å². The van der Waals surface area contributed by atoms with Gasteiger partial charge in [0.05, 0.1) is 17.6 Å². The molecule has 3 aromatic rings. The number of thiophene rings is 1. The SMILES string of the molecule is N=C(/C=C\Nc1cncc(-c2cccs2)c1)c1ccccc1. The molecule has 0 saturated heterocycles. The molecule has 1 aromatic carbocycles. The lowest BCUT2D eigenvalue weighted by molar-refractivity contribution is 1.33. The van der Waals surface area contributed by atoms with Gasteiger partial charge in [-0.25, -0.2) is 0 Å². The highest BCUT2D eigenvalue weighted by atomic mass is 32.1. The minimum absolute atomic E-state index is 0.468. The number of hydrogen-bond acceptors (Lipinski definition) is 4. The molecular formula is C18H15N3S. The van der Waals surface area contributed by atoms with Crippen molar-refractivity contribution in [3.8, 4) is 10.4 Å². The minimum atomic E-state index is 0.468. The number of aromatic nitrogens is 1. The lowest BCUT2D eigenvalue weighted by atomic mass is 10.1. The topological polar surface area (TPSA) is 48.8 Å². The molecule has 0 aliphatic carbocycles. The Morgan fingerprint density at radius 3 is 2.73 bits per heavy atom. The fourth-order valence-electron chi connectivity index (χ4n) is 2.03. The zero-order chi connectivity index (χ0) is 15.2. The molecule has 0 aliphatic rings. The Kier molecular flexibility index (Phi) is 4.41. The van der Waals surface area contributed by atoms with Crippen molar-refractivity contribution >= 4 is 22.7 Å². The van der Waals surface area contributed by atoms with Crippen molar-refractivity contribution in [2.75, 3.05) is 5.32 Å². The van der Waals surface area contributed by atoms with Crippen LogP contribution in [0.1, 0.15) is 5.56 Å². The molecule has 108 valence electrons. The summed E-state index contributed by atoms with van der Waals surface area (Å²) in [5.41, 5.74) is 3.36. The van der Waals surface area contributed by atoms with Crippen LogP contribution in [0.25, 0.3) is 10.4 Å². The summed E-state index contributed by atoms with van der Waals surface area (Å²) in [7, 11) is 0. The summed E-state index contributed by atoms with van der Waals surface area (Å²) in [5, 5.41) is 13.2. The Bertz CT molecular complexity index is 777. The van der Waals surface area contributed by atoms with Gasteiger partial charge >= 0.3 is 0 Å². The smallest absolute Gasteiger partial charge is 0.0626 e. The molecule has 22 heavy (non-hydrogen) atoms. The third-order valence-electron chi connectivity index (χ3n) is 3.13. The summed E-state index contributed by atoms with van der Waals surface area (Å²) in [6, 6.07) is 15.8. The van der Waals surface area contributed by atoms with E-state index in [1.807, 2.05) is 42.6 Å². The third-order valence-corrected chi connectivity index (χ3v) is 4.05. The monoisotopic (exact) mass is 305 g/mol. The second-order valence-corrected chi connectivity index (χ2v) is 5.64. The Morgan fingerprint density at radius 2 is 1.95 bits per heavy atom. The largest absolute Gasteiger partial charge is 0.360 e. The van der Waals surface area contributed by atoms with Gasteiger partial charge in [-0.3, -0.25) is 4.98 Å². The van der Waals surface area contributed by atoms with Crippen LogP contribution in [0.2, 0.25) is 0 Å². The Labute approximate surface area is 133 Å². The summed E-state index contributed by atoms with van der Waals surface area (Å²) in [6.07, 6.45) is 7.14. The first kappa shape index (κ1) is 14.2. The number of allylic oxidation sites excluding steroid dienone is 1. The molecule has 0 fully saturated rings. The molecule has 0 radical (unpaired) electrons. The number of nitrogens with one attached hydrogen (secondary N) is 2. The fraction of sp³-hybridized carbons (Fsp3) is 0. The van der Waals surface area contributed by atoms with E-state index in [2.05, 4.69) is 27.8 Å². The van der Waals surface area contributed by atoms with Crippen LogP contribution in [0.5, 0.6) is 0 Å². The summed E-state index contributed by atoms with van der Waals surface area (Å²) in [5.74, 6) is 0. The van der Waals surface area contributed by atoms with E-state index in [1.165, 1.54) is 4.88 Å². The van der Waals surface area contributed by atoms with Crippen LogP contribution in [-0.2, 0) is 0 Å². The van der Waals surface area contributed by atoms with Crippen molar-refractivity contribution in [3.05, 3.63) is 84.1 Å². The number of benzene rings is 1. The molecule has 3 rings (SSSR count). The van der Waals surface area contributed by atoms with Crippen LogP contribution in [0.4, 0.5) is 5.69 Å².